The van der Waals surface area contributed by atoms with Gasteiger partial charge in [-0.1, -0.05) is 6.92 Å². The molecule has 1 atom stereocenters. The first-order chi connectivity index (χ1) is 13.6. The number of anilines is 1. The standard InChI is InChI=1S/C20H31N5O3/c1-3-16-7-5-6-12-25(16)19-21-11-8-17(23-19)18(26)22-15-9-13-24(14-10-15)20(27)28-4-2/h8,11,15-16H,3-7,9-10,12-14H2,1-2H3,(H,22,26). The van der Waals surface area contributed by atoms with Gasteiger partial charge >= 0.3 is 6.09 Å². The van der Waals surface area contributed by atoms with Gasteiger partial charge in [0.25, 0.3) is 5.91 Å². The molecule has 28 heavy (non-hydrogen) atoms. The summed E-state index contributed by atoms with van der Waals surface area (Å²) in [7, 11) is 0. The van der Waals surface area contributed by atoms with Gasteiger partial charge in [0.2, 0.25) is 5.95 Å². The third-order valence-electron chi connectivity index (χ3n) is 5.59. The second-order valence-corrected chi connectivity index (χ2v) is 7.43. The summed E-state index contributed by atoms with van der Waals surface area (Å²) in [5.41, 5.74) is 0.401. The van der Waals surface area contributed by atoms with Crippen molar-refractivity contribution in [2.75, 3.05) is 31.1 Å². The van der Waals surface area contributed by atoms with E-state index in [4.69, 9.17) is 4.74 Å². The normalized spacial score (nSPS) is 20.7. The second kappa shape index (κ2) is 9.71. The molecule has 8 heteroatoms. The summed E-state index contributed by atoms with van der Waals surface area (Å²) in [6, 6.07) is 2.14. The van der Waals surface area contributed by atoms with Crippen LogP contribution in [0.4, 0.5) is 10.7 Å². The number of hydrogen-bond donors (Lipinski definition) is 1. The highest BCUT2D eigenvalue weighted by Gasteiger charge is 2.26. The van der Waals surface area contributed by atoms with Crippen molar-refractivity contribution >= 4 is 17.9 Å². The fourth-order valence-corrected chi connectivity index (χ4v) is 3.98. The molecule has 1 aromatic heterocycles. The summed E-state index contributed by atoms with van der Waals surface area (Å²) in [5.74, 6) is 0.472. The Morgan fingerprint density at radius 2 is 1.96 bits per heavy atom. The molecule has 2 aliphatic heterocycles. The number of amides is 2. The summed E-state index contributed by atoms with van der Waals surface area (Å²) in [6.45, 7) is 6.47. The zero-order valence-electron chi connectivity index (χ0n) is 16.9. The van der Waals surface area contributed by atoms with Crippen LogP contribution in [0.5, 0.6) is 0 Å². The maximum absolute atomic E-state index is 12.7. The Labute approximate surface area is 166 Å². The highest BCUT2D eigenvalue weighted by atomic mass is 16.6. The predicted octanol–water partition coefficient (Wildman–Crippen LogP) is 2.60. The molecule has 0 aliphatic carbocycles. The smallest absolute Gasteiger partial charge is 0.409 e. The maximum atomic E-state index is 12.7. The molecule has 0 saturated carbocycles. The van der Waals surface area contributed by atoms with Gasteiger partial charge in [-0.2, -0.15) is 0 Å². The lowest BCUT2D eigenvalue weighted by molar-refractivity contribution is 0.0856. The van der Waals surface area contributed by atoms with Gasteiger partial charge in [0.1, 0.15) is 5.69 Å². The Bertz CT molecular complexity index is 676. The Hall–Kier alpha value is -2.38. The molecule has 2 saturated heterocycles. The van der Waals surface area contributed by atoms with Crippen molar-refractivity contribution in [1.82, 2.24) is 20.2 Å². The van der Waals surface area contributed by atoms with Gasteiger partial charge in [0, 0.05) is 37.9 Å². The molecule has 0 spiro atoms. The number of hydrogen-bond acceptors (Lipinski definition) is 6. The molecule has 1 N–H and O–H groups in total. The van der Waals surface area contributed by atoms with Crippen molar-refractivity contribution in [3.8, 4) is 0 Å². The summed E-state index contributed by atoms with van der Waals surface area (Å²) < 4.78 is 5.03. The molecule has 3 rings (SSSR count). The van der Waals surface area contributed by atoms with Crippen molar-refractivity contribution in [2.24, 2.45) is 0 Å². The number of carbonyl (C=O) groups is 2. The fraction of sp³-hybridized carbons (Fsp3) is 0.700. The molecule has 2 aliphatic rings. The lowest BCUT2D eigenvalue weighted by atomic mass is 10.0. The summed E-state index contributed by atoms with van der Waals surface area (Å²) in [6.07, 6.45) is 7.39. The lowest BCUT2D eigenvalue weighted by Gasteiger charge is -2.35. The van der Waals surface area contributed by atoms with E-state index in [1.807, 2.05) is 0 Å². The average Bonchev–Trinajstić information content (AvgIpc) is 2.74. The minimum absolute atomic E-state index is 0.0370. The molecule has 2 fully saturated rings. The molecule has 1 aromatic rings. The summed E-state index contributed by atoms with van der Waals surface area (Å²) in [4.78, 5) is 37.4. The number of nitrogens with one attached hydrogen (secondary N) is 1. The first-order valence-corrected chi connectivity index (χ1v) is 10.4. The number of nitrogens with zero attached hydrogens (tertiary/aromatic N) is 4. The molecule has 0 aromatic carbocycles. The molecule has 1 unspecified atom stereocenters. The number of carbonyl (C=O) groups excluding carboxylic acids is 2. The largest absolute Gasteiger partial charge is 0.450 e. The van der Waals surface area contributed by atoms with E-state index < -0.39 is 0 Å². The first-order valence-electron chi connectivity index (χ1n) is 10.4. The topological polar surface area (TPSA) is 87.7 Å². The highest BCUT2D eigenvalue weighted by Crippen LogP contribution is 2.23. The molecule has 8 nitrogen and oxygen atoms in total. The number of rotatable bonds is 5. The Morgan fingerprint density at radius 1 is 1.18 bits per heavy atom. The van der Waals surface area contributed by atoms with Crippen LogP contribution in [0.3, 0.4) is 0 Å². The van der Waals surface area contributed by atoms with E-state index in [9.17, 15) is 9.59 Å². The van der Waals surface area contributed by atoms with E-state index in [0.29, 0.717) is 50.2 Å². The quantitative estimate of drug-likeness (QED) is 0.833. The van der Waals surface area contributed by atoms with Crippen LogP contribution in [0, 0.1) is 0 Å². The number of ether oxygens (including phenoxy) is 1. The third kappa shape index (κ3) is 4.91. The summed E-state index contributed by atoms with van der Waals surface area (Å²) >= 11 is 0. The highest BCUT2D eigenvalue weighted by molar-refractivity contribution is 5.92. The van der Waals surface area contributed by atoms with Crippen molar-refractivity contribution in [3.63, 3.8) is 0 Å². The van der Waals surface area contributed by atoms with Crippen LogP contribution in [0.2, 0.25) is 0 Å². The minimum atomic E-state index is -0.278. The molecule has 3 heterocycles. The van der Waals surface area contributed by atoms with Gasteiger partial charge in [-0.05, 0) is 51.5 Å². The molecule has 0 radical (unpaired) electrons. The number of likely N-dealkylation sites (tertiary alicyclic amines) is 1. The lowest BCUT2D eigenvalue weighted by Crippen LogP contribution is -2.47. The van der Waals surface area contributed by atoms with Crippen molar-refractivity contribution < 1.29 is 14.3 Å². The second-order valence-electron chi connectivity index (χ2n) is 7.43. The van der Waals surface area contributed by atoms with Crippen LogP contribution in [0.25, 0.3) is 0 Å². The van der Waals surface area contributed by atoms with Crippen LogP contribution < -0.4 is 10.2 Å². The molecule has 154 valence electrons. The van der Waals surface area contributed by atoms with Crippen LogP contribution in [0.15, 0.2) is 12.3 Å². The van der Waals surface area contributed by atoms with Gasteiger partial charge in [0.15, 0.2) is 0 Å². The fourth-order valence-electron chi connectivity index (χ4n) is 3.98. The van der Waals surface area contributed by atoms with Crippen LogP contribution in [-0.4, -0.2) is 65.2 Å². The van der Waals surface area contributed by atoms with Crippen LogP contribution >= 0.6 is 0 Å². The molecular weight excluding hydrogens is 358 g/mol. The SMILES string of the molecule is CCOC(=O)N1CCC(NC(=O)c2ccnc(N3CCCCC3CC)n2)CC1. The molecule has 2 amide bonds. The van der Waals surface area contributed by atoms with E-state index in [2.05, 4.69) is 27.1 Å². The van der Waals surface area contributed by atoms with E-state index in [-0.39, 0.29) is 18.0 Å². The number of aromatic nitrogens is 2. The monoisotopic (exact) mass is 389 g/mol. The Morgan fingerprint density at radius 3 is 2.68 bits per heavy atom. The van der Waals surface area contributed by atoms with E-state index in [1.54, 1.807) is 24.1 Å². The van der Waals surface area contributed by atoms with E-state index in [1.165, 1.54) is 6.42 Å². The van der Waals surface area contributed by atoms with Gasteiger partial charge in [-0.15, -0.1) is 0 Å². The van der Waals surface area contributed by atoms with Crippen molar-refractivity contribution in [2.45, 2.75) is 64.5 Å². The van der Waals surface area contributed by atoms with Crippen molar-refractivity contribution in [1.29, 1.82) is 0 Å². The number of piperidine rings is 2. The predicted molar refractivity (Wildman–Crippen MR) is 106 cm³/mol. The van der Waals surface area contributed by atoms with Crippen molar-refractivity contribution in [3.05, 3.63) is 18.0 Å². The Balaban J connectivity index is 1.57. The first kappa shape index (κ1) is 20.4. The zero-order chi connectivity index (χ0) is 19.9. The van der Waals surface area contributed by atoms with Gasteiger partial charge in [0.05, 0.1) is 6.61 Å². The Kier molecular flexibility index (Phi) is 7.06. The van der Waals surface area contributed by atoms with E-state index >= 15 is 0 Å². The van der Waals surface area contributed by atoms with Crippen LogP contribution in [0.1, 0.15) is 62.9 Å². The maximum Gasteiger partial charge on any atom is 0.409 e. The zero-order valence-corrected chi connectivity index (χ0v) is 16.9. The van der Waals surface area contributed by atoms with Crippen LogP contribution in [-0.2, 0) is 4.74 Å². The summed E-state index contributed by atoms with van der Waals surface area (Å²) in [5, 5.41) is 3.06. The molecule has 0 bridgehead atoms. The third-order valence-corrected chi connectivity index (χ3v) is 5.59. The molecular formula is C20H31N5O3. The van der Waals surface area contributed by atoms with Gasteiger partial charge < -0.3 is 19.9 Å². The minimum Gasteiger partial charge on any atom is -0.450 e. The van der Waals surface area contributed by atoms with Gasteiger partial charge in [-0.25, -0.2) is 14.8 Å². The average molecular weight is 390 g/mol. The van der Waals surface area contributed by atoms with E-state index in [0.717, 1.165) is 25.8 Å². The van der Waals surface area contributed by atoms with Gasteiger partial charge in [-0.3, -0.25) is 4.79 Å².